The van der Waals surface area contributed by atoms with Crippen molar-refractivity contribution in [3.63, 3.8) is 0 Å². The maximum atomic E-state index is 12.7. The molecule has 1 atom stereocenters. The molecule has 1 amide bonds. The minimum Gasteiger partial charge on any atom is -0.481 e. The fourth-order valence-electron chi connectivity index (χ4n) is 4.37. The minimum absolute atomic E-state index is 0.0474. The van der Waals surface area contributed by atoms with Crippen LogP contribution in [0.1, 0.15) is 55.7 Å². The zero-order valence-corrected chi connectivity index (χ0v) is 17.5. The Morgan fingerprint density at radius 1 is 1.00 bits per heavy atom. The molecule has 0 aromatic heterocycles. The predicted octanol–water partition coefficient (Wildman–Crippen LogP) is 4.64. The van der Waals surface area contributed by atoms with Crippen molar-refractivity contribution in [2.75, 3.05) is 18.0 Å². The summed E-state index contributed by atoms with van der Waals surface area (Å²) >= 11 is 0. The molecule has 0 saturated carbocycles. The van der Waals surface area contributed by atoms with E-state index in [1.54, 1.807) is 0 Å². The molecule has 0 bridgehead atoms. The second kappa shape index (κ2) is 9.34. The van der Waals surface area contributed by atoms with Crippen LogP contribution in [-0.2, 0) is 24.2 Å². The number of carbonyl (C=O) groups excluding carboxylic acids is 1. The number of fused-ring (bicyclic) bond motifs is 1. The fraction of sp³-hybridized carbons (Fsp3) is 0.480. The number of rotatable bonds is 7. The van der Waals surface area contributed by atoms with Crippen molar-refractivity contribution in [2.24, 2.45) is 0 Å². The van der Waals surface area contributed by atoms with E-state index in [0.29, 0.717) is 13.0 Å². The molecule has 2 aliphatic rings. The zero-order chi connectivity index (χ0) is 20.1. The molecule has 1 heterocycles. The van der Waals surface area contributed by atoms with Gasteiger partial charge in [-0.1, -0.05) is 25.1 Å². The summed E-state index contributed by atoms with van der Waals surface area (Å²) in [5, 5.41) is 3.04. The number of anilines is 1. The van der Waals surface area contributed by atoms with Crippen molar-refractivity contribution in [1.29, 1.82) is 0 Å². The van der Waals surface area contributed by atoms with Gasteiger partial charge in [0.1, 0.15) is 5.75 Å². The second-order valence-corrected chi connectivity index (χ2v) is 8.23. The molecule has 1 aliphatic carbocycles. The van der Waals surface area contributed by atoms with Crippen LogP contribution in [0.15, 0.2) is 42.5 Å². The van der Waals surface area contributed by atoms with Crippen molar-refractivity contribution in [3.8, 4) is 5.75 Å². The van der Waals surface area contributed by atoms with Crippen molar-refractivity contribution >= 4 is 11.6 Å². The van der Waals surface area contributed by atoms with E-state index in [1.807, 2.05) is 13.0 Å². The van der Waals surface area contributed by atoms with Crippen LogP contribution in [0.5, 0.6) is 5.75 Å². The number of benzene rings is 2. The lowest BCUT2D eigenvalue weighted by Crippen LogP contribution is -2.37. The number of amides is 1. The lowest BCUT2D eigenvalue weighted by Gasteiger charge is -2.21. The van der Waals surface area contributed by atoms with Gasteiger partial charge < -0.3 is 15.0 Å². The topological polar surface area (TPSA) is 41.6 Å². The fourth-order valence-corrected chi connectivity index (χ4v) is 4.37. The van der Waals surface area contributed by atoms with Gasteiger partial charge in [0, 0.05) is 25.3 Å². The molecule has 4 heteroatoms. The first kappa shape index (κ1) is 19.8. The van der Waals surface area contributed by atoms with E-state index in [-0.39, 0.29) is 5.91 Å². The summed E-state index contributed by atoms with van der Waals surface area (Å²) in [6.07, 6.45) is 7.53. The minimum atomic E-state index is -0.458. The summed E-state index contributed by atoms with van der Waals surface area (Å²) in [6.45, 7) is 4.82. The smallest absolute Gasteiger partial charge is 0.261 e. The molecule has 4 nitrogen and oxygen atoms in total. The molecule has 2 aromatic rings. The predicted molar refractivity (Wildman–Crippen MR) is 118 cm³/mol. The first-order chi connectivity index (χ1) is 14.2. The third kappa shape index (κ3) is 4.92. The van der Waals surface area contributed by atoms with Gasteiger partial charge in [-0.25, -0.2) is 0 Å². The number of aryl methyl sites for hydroxylation is 2. The van der Waals surface area contributed by atoms with Crippen LogP contribution in [0.4, 0.5) is 5.69 Å². The highest BCUT2D eigenvalue weighted by atomic mass is 16.5. The SMILES string of the molecule is CC[C@H](Oc1ccc2c(c1)CCCC2)C(=O)NCc1ccc(N2CCCC2)cc1. The highest BCUT2D eigenvalue weighted by Crippen LogP contribution is 2.26. The summed E-state index contributed by atoms with van der Waals surface area (Å²) in [7, 11) is 0. The van der Waals surface area contributed by atoms with Crippen LogP contribution in [0.3, 0.4) is 0 Å². The first-order valence-electron chi connectivity index (χ1n) is 11.1. The molecule has 0 radical (unpaired) electrons. The van der Waals surface area contributed by atoms with Gasteiger partial charge in [0.25, 0.3) is 5.91 Å². The third-order valence-corrected chi connectivity index (χ3v) is 6.14. The lowest BCUT2D eigenvalue weighted by atomic mass is 9.92. The Bertz CT molecular complexity index is 825. The molecule has 4 rings (SSSR count). The van der Waals surface area contributed by atoms with E-state index in [2.05, 4.69) is 46.6 Å². The Balaban J connectivity index is 1.31. The number of ether oxygens (including phenoxy) is 1. The van der Waals surface area contributed by atoms with Crippen LogP contribution in [0, 0.1) is 0 Å². The van der Waals surface area contributed by atoms with E-state index < -0.39 is 6.10 Å². The van der Waals surface area contributed by atoms with E-state index in [1.165, 1.54) is 42.5 Å². The Kier molecular flexibility index (Phi) is 6.38. The van der Waals surface area contributed by atoms with Gasteiger partial charge in [-0.3, -0.25) is 4.79 Å². The molecule has 1 fully saturated rings. The summed E-state index contributed by atoms with van der Waals surface area (Å²) in [4.78, 5) is 15.1. The van der Waals surface area contributed by atoms with Crippen LogP contribution in [0.2, 0.25) is 0 Å². The van der Waals surface area contributed by atoms with Gasteiger partial charge >= 0.3 is 0 Å². The summed E-state index contributed by atoms with van der Waals surface area (Å²) in [6, 6.07) is 14.8. The second-order valence-electron chi connectivity index (χ2n) is 8.23. The Morgan fingerprint density at radius 2 is 1.72 bits per heavy atom. The molecule has 154 valence electrons. The van der Waals surface area contributed by atoms with Gasteiger partial charge in [0.05, 0.1) is 0 Å². The van der Waals surface area contributed by atoms with Crippen LogP contribution in [-0.4, -0.2) is 25.1 Å². The zero-order valence-electron chi connectivity index (χ0n) is 17.5. The normalized spacial score (nSPS) is 16.9. The molecule has 29 heavy (non-hydrogen) atoms. The van der Waals surface area contributed by atoms with E-state index in [9.17, 15) is 4.79 Å². The number of nitrogens with zero attached hydrogens (tertiary/aromatic N) is 1. The first-order valence-corrected chi connectivity index (χ1v) is 11.1. The van der Waals surface area contributed by atoms with E-state index in [0.717, 1.165) is 37.2 Å². The van der Waals surface area contributed by atoms with Crippen molar-refractivity contribution < 1.29 is 9.53 Å². The molecule has 2 aromatic carbocycles. The molecular weight excluding hydrogens is 360 g/mol. The summed E-state index contributed by atoms with van der Waals surface area (Å²) in [5.74, 6) is 0.761. The van der Waals surface area contributed by atoms with E-state index >= 15 is 0 Å². The van der Waals surface area contributed by atoms with Crippen LogP contribution >= 0.6 is 0 Å². The Morgan fingerprint density at radius 3 is 2.45 bits per heavy atom. The number of nitrogens with one attached hydrogen (secondary N) is 1. The number of hydrogen-bond acceptors (Lipinski definition) is 3. The van der Waals surface area contributed by atoms with Gasteiger partial charge in [0.2, 0.25) is 0 Å². The summed E-state index contributed by atoms with van der Waals surface area (Å²) < 4.78 is 6.05. The van der Waals surface area contributed by atoms with Gasteiger partial charge in [0.15, 0.2) is 6.10 Å². The Hall–Kier alpha value is -2.49. The Labute approximate surface area is 174 Å². The van der Waals surface area contributed by atoms with Crippen molar-refractivity contribution in [2.45, 2.75) is 64.5 Å². The number of hydrogen-bond donors (Lipinski definition) is 1. The third-order valence-electron chi connectivity index (χ3n) is 6.14. The van der Waals surface area contributed by atoms with Gasteiger partial charge in [-0.05, 0) is 85.9 Å². The maximum absolute atomic E-state index is 12.7. The van der Waals surface area contributed by atoms with E-state index in [4.69, 9.17) is 4.74 Å². The lowest BCUT2D eigenvalue weighted by molar-refractivity contribution is -0.128. The average molecular weight is 393 g/mol. The largest absolute Gasteiger partial charge is 0.481 e. The maximum Gasteiger partial charge on any atom is 0.261 e. The molecule has 1 N–H and O–H groups in total. The highest BCUT2D eigenvalue weighted by Gasteiger charge is 2.19. The number of carbonyl (C=O) groups is 1. The highest BCUT2D eigenvalue weighted by molar-refractivity contribution is 5.81. The molecule has 0 spiro atoms. The molecular formula is C25H32N2O2. The van der Waals surface area contributed by atoms with Gasteiger partial charge in [-0.15, -0.1) is 0 Å². The van der Waals surface area contributed by atoms with Crippen LogP contribution < -0.4 is 15.0 Å². The van der Waals surface area contributed by atoms with Crippen molar-refractivity contribution in [1.82, 2.24) is 5.32 Å². The van der Waals surface area contributed by atoms with Crippen LogP contribution in [0.25, 0.3) is 0 Å². The molecule has 0 unspecified atom stereocenters. The summed E-state index contributed by atoms with van der Waals surface area (Å²) in [5.41, 5.74) is 5.20. The molecule has 1 saturated heterocycles. The standard InChI is InChI=1S/C25H32N2O2/c1-2-24(29-23-14-11-20-7-3-4-8-21(20)17-23)25(28)26-18-19-9-12-22(13-10-19)27-15-5-6-16-27/h9-14,17,24H,2-8,15-16,18H2,1H3,(H,26,28)/t24-/m0/s1. The molecule has 1 aliphatic heterocycles. The monoisotopic (exact) mass is 392 g/mol. The van der Waals surface area contributed by atoms with Gasteiger partial charge in [-0.2, -0.15) is 0 Å². The van der Waals surface area contributed by atoms with Crippen molar-refractivity contribution in [3.05, 3.63) is 59.2 Å². The quantitative estimate of drug-likeness (QED) is 0.746. The average Bonchev–Trinajstić information content (AvgIpc) is 3.31.